The molecule has 0 saturated carbocycles. The summed E-state index contributed by atoms with van der Waals surface area (Å²) in [6, 6.07) is 8.21. The topological polar surface area (TPSA) is 35.7 Å². The molecule has 1 aromatic rings. The third-order valence-corrected chi connectivity index (χ3v) is 4.58. The smallest absolute Gasteiger partial charge is 0.0600 e. The van der Waals surface area contributed by atoms with E-state index in [-0.39, 0.29) is 0 Å². The molecule has 110 valence electrons. The highest BCUT2D eigenvalue weighted by Gasteiger charge is 2.19. The van der Waals surface area contributed by atoms with E-state index in [1.165, 1.54) is 44.7 Å². The summed E-state index contributed by atoms with van der Waals surface area (Å²) in [5.74, 6) is 0. The zero-order valence-electron chi connectivity index (χ0n) is 12.3. The summed E-state index contributed by atoms with van der Waals surface area (Å²) in [4.78, 5) is 7.61. The molecule has 2 N–H and O–H groups in total. The van der Waals surface area contributed by atoms with Crippen molar-refractivity contribution in [2.45, 2.75) is 12.8 Å². The number of likely N-dealkylation sites (tertiary alicyclic amines) is 1. The molecule has 0 atom stereocenters. The molecule has 0 aromatic heterocycles. The monoisotopic (exact) mass is 274 g/mol. The lowest BCUT2D eigenvalue weighted by Gasteiger charge is -2.37. The number of piperazine rings is 1. The second-order valence-corrected chi connectivity index (χ2v) is 5.94. The average Bonchev–Trinajstić information content (AvgIpc) is 3.00. The summed E-state index contributed by atoms with van der Waals surface area (Å²) in [5.41, 5.74) is 8.17. The van der Waals surface area contributed by atoms with Crippen LogP contribution in [-0.2, 0) is 0 Å². The number of anilines is 2. The Bertz CT molecular complexity index is 420. The zero-order chi connectivity index (χ0) is 13.8. The maximum Gasteiger partial charge on any atom is 0.0600 e. The van der Waals surface area contributed by atoms with Crippen molar-refractivity contribution in [2.75, 3.05) is 63.0 Å². The van der Waals surface area contributed by atoms with Gasteiger partial charge in [-0.05, 0) is 38.1 Å². The van der Waals surface area contributed by atoms with E-state index in [0.29, 0.717) is 0 Å². The van der Waals surface area contributed by atoms with Crippen LogP contribution in [0.5, 0.6) is 0 Å². The van der Waals surface area contributed by atoms with Crippen LogP contribution in [0.3, 0.4) is 0 Å². The number of nitrogens with zero attached hydrogens (tertiary/aromatic N) is 3. The van der Waals surface area contributed by atoms with Gasteiger partial charge in [0.2, 0.25) is 0 Å². The maximum atomic E-state index is 6.07. The predicted octanol–water partition coefficient (Wildman–Crippen LogP) is 1.49. The van der Waals surface area contributed by atoms with E-state index in [9.17, 15) is 0 Å². The van der Waals surface area contributed by atoms with Crippen molar-refractivity contribution in [1.82, 2.24) is 9.80 Å². The van der Waals surface area contributed by atoms with E-state index in [2.05, 4.69) is 26.8 Å². The highest BCUT2D eigenvalue weighted by Crippen LogP contribution is 2.23. The van der Waals surface area contributed by atoms with Gasteiger partial charge in [0.15, 0.2) is 0 Å². The Labute approximate surface area is 122 Å². The van der Waals surface area contributed by atoms with Gasteiger partial charge < -0.3 is 15.5 Å². The summed E-state index contributed by atoms with van der Waals surface area (Å²) in [5, 5.41) is 0. The molecule has 4 heteroatoms. The lowest BCUT2D eigenvalue weighted by Crippen LogP contribution is -2.48. The number of benzene rings is 1. The summed E-state index contributed by atoms with van der Waals surface area (Å²) in [6.45, 7) is 9.57. The van der Waals surface area contributed by atoms with Gasteiger partial charge in [-0.3, -0.25) is 4.90 Å². The molecule has 0 spiro atoms. The van der Waals surface area contributed by atoms with Gasteiger partial charge in [-0.2, -0.15) is 0 Å². The molecule has 0 unspecified atom stereocenters. The number of hydrogen-bond acceptors (Lipinski definition) is 4. The molecular formula is C16H26N4. The Morgan fingerprint density at radius 2 is 1.40 bits per heavy atom. The molecule has 4 nitrogen and oxygen atoms in total. The quantitative estimate of drug-likeness (QED) is 0.844. The molecule has 2 saturated heterocycles. The molecular weight excluding hydrogens is 248 g/mol. The van der Waals surface area contributed by atoms with Gasteiger partial charge in [0.25, 0.3) is 0 Å². The molecule has 3 rings (SSSR count). The Morgan fingerprint density at radius 3 is 2.05 bits per heavy atom. The van der Waals surface area contributed by atoms with E-state index in [1.807, 2.05) is 12.1 Å². The van der Waals surface area contributed by atoms with Crippen LogP contribution in [0.25, 0.3) is 0 Å². The van der Waals surface area contributed by atoms with Crippen LogP contribution in [0, 0.1) is 0 Å². The number of rotatable bonds is 4. The van der Waals surface area contributed by atoms with Gasteiger partial charge >= 0.3 is 0 Å². The molecule has 0 bridgehead atoms. The largest absolute Gasteiger partial charge is 0.397 e. The van der Waals surface area contributed by atoms with E-state index in [0.717, 1.165) is 31.9 Å². The molecule has 0 amide bonds. The molecule has 2 heterocycles. The van der Waals surface area contributed by atoms with Crippen LogP contribution in [-0.4, -0.2) is 62.2 Å². The van der Waals surface area contributed by atoms with Crippen molar-refractivity contribution in [2.24, 2.45) is 0 Å². The second kappa shape index (κ2) is 6.46. The van der Waals surface area contributed by atoms with E-state index >= 15 is 0 Å². The van der Waals surface area contributed by atoms with E-state index < -0.39 is 0 Å². The minimum Gasteiger partial charge on any atom is -0.397 e. The summed E-state index contributed by atoms with van der Waals surface area (Å²) in [6.07, 6.45) is 2.78. The van der Waals surface area contributed by atoms with E-state index in [1.54, 1.807) is 0 Å². The highest BCUT2D eigenvalue weighted by atomic mass is 15.3. The second-order valence-electron chi connectivity index (χ2n) is 5.94. The first-order valence-corrected chi connectivity index (χ1v) is 7.87. The molecule has 2 aliphatic heterocycles. The summed E-state index contributed by atoms with van der Waals surface area (Å²) in [7, 11) is 0. The molecule has 1 aromatic carbocycles. The van der Waals surface area contributed by atoms with Crippen LogP contribution in [0.2, 0.25) is 0 Å². The standard InChI is InChI=1S/C16H26N4/c17-15-5-1-2-6-16(15)20-13-11-19(12-14-20)10-9-18-7-3-4-8-18/h1-2,5-6H,3-4,7-14,17H2. The molecule has 20 heavy (non-hydrogen) atoms. The Hall–Kier alpha value is -1.26. The summed E-state index contributed by atoms with van der Waals surface area (Å²) < 4.78 is 0. The first-order chi connectivity index (χ1) is 9.83. The Morgan fingerprint density at radius 1 is 0.800 bits per heavy atom. The fraction of sp³-hybridized carbons (Fsp3) is 0.625. The van der Waals surface area contributed by atoms with Crippen molar-refractivity contribution < 1.29 is 0 Å². The highest BCUT2D eigenvalue weighted by molar-refractivity contribution is 5.67. The lowest BCUT2D eigenvalue weighted by atomic mass is 10.2. The van der Waals surface area contributed by atoms with Gasteiger partial charge in [0.05, 0.1) is 11.4 Å². The number of nitrogen functional groups attached to an aromatic ring is 1. The van der Waals surface area contributed by atoms with Crippen LogP contribution in [0.1, 0.15) is 12.8 Å². The maximum absolute atomic E-state index is 6.07. The molecule has 2 aliphatic rings. The third-order valence-electron chi connectivity index (χ3n) is 4.58. The normalized spacial score (nSPS) is 21.5. The Balaban J connectivity index is 1.46. The zero-order valence-corrected chi connectivity index (χ0v) is 12.3. The van der Waals surface area contributed by atoms with Crippen LogP contribution in [0.15, 0.2) is 24.3 Å². The number of para-hydroxylation sites is 2. The first kappa shape index (κ1) is 13.7. The van der Waals surface area contributed by atoms with Crippen molar-refractivity contribution in [3.05, 3.63) is 24.3 Å². The first-order valence-electron chi connectivity index (χ1n) is 7.87. The fourth-order valence-corrected chi connectivity index (χ4v) is 3.28. The van der Waals surface area contributed by atoms with Crippen molar-refractivity contribution in [3.8, 4) is 0 Å². The minimum absolute atomic E-state index is 0.901. The van der Waals surface area contributed by atoms with Gasteiger partial charge in [-0.1, -0.05) is 12.1 Å². The van der Waals surface area contributed by atoms with Crippen LogP contribution in [0.4, 0.5) is 11.4 Å². The van der Waals surface area contributed by atoms with Crippen LogP contribution >= 0.6 is 0 Å². The lowest BCUT2D eigenvalue weighted by molar-refractivity contribution is 0.215. The van der Waals surface area contributed by atoms with Crippen molar-refractivity contribution in [1.29, 1.82) is 0 Å². The van der Waals surface area contributed by atoms with E-state index in [4.69, 9.17) is 5.73 Å². The molecule has 0 aliphatic carbocycles. The SMILES string of the molecule is Nc1ccccc1N1CCN(CCN2CCCC2)CC1. The third kappa shape index (κ3) is 3.25. The van der Waals surface area contributed by atoms with Gasteiger partial charge in [0, 0.05) is 39.3 Å². The predicted molar refractivity (Wildman–Crippen MR) is 85.2 cm³/mol. The number of hydrogen-bond donors (Lipinski definition) is 1. The van der Waals surface area contributed by atoms with Gasteiger partial charge in [-0.25, -0.2) is 0 Å². The molecule has 2 fully saturated rings. The minimum atomic E-state index is 0.901. The molecule has 0 radical (unpaired) electrons. The summed E-state index contributed by atoms with van der Waals surface area (Å²) >= 11 is 0. The Kier molecular flexibility index (Phi) is 4.43. The van der Waals surface area contributed by atoms with Crippen LogP contribution < -0.4 is 10.6 Å². The number of nitrogens with two attached hydrogens (primary N) is 1. The van der Waals surface area contributed by atoms with Crippen molar-refractivity contribution >= 4 is 11.4 Å². The average molecular weight is 274 g/mol. The van der Waals surface area contributed by atoms with Gasteiger partial charge in [0.1, 0.15) is 0 Å². The fourth-order valence-electron chi connectivity index (χ4n) is 3.28. The van der Waals surface area contributed by atoms with Crippen molar-refractivity contribution in [3.63, 3.8) is 0 Å². The van der Waals surface area contributed by atoms with Gasteiger partial charge in [-0.15, -0.1) is 0 Å².